The molecule has 0 spiro atoms. The van der Waals surface area contributed by atoms with Crippen molar-refractivity contribution in [1.29, 1.82) is 0 Å². The van der Waals surface area contributed by atoms with Crippen LogP contribution in [0.25, 0.3) is 0 Å². The first-order valence-electron chi connectivity index (χ1n) is 14.3. The molecule has 0 amide bonds. The Bertz CT molecular complexity index is 835. The van der Waals surface area contributed by atoms with Gasteiger partial charge in [0.15, 0.2) is 0 Å². The molecule has 6 heteroatoms. The molecule has 1 saturated heterocycles. The number of likely N-dealkylation sites (tertiary alicyclic amines) is 1. The van der Waals surface area contributed by atoms with Crippen molar-refractivity contribution in [2.75, 3.05) is 26.2 Å². The first kappa shape index (κ1) is 33.4. The minimum Gasteiger partial charge on any atom is -0.744 e. The summed E-state index contributed by atoms with van der Waals surface area (Å²) in [5.74, 6) is 3.39. The topological polar surface area (TPSA) is 57.2 Å². The molecule has 0 saturated carbocycles. The highest BCUT2D eigenvalue weighted by Gasteiger charge is 2.27. The third kappa shape index (κ3) is 16.3. The maximum Gasteiger partial charge on any atom is 0.141 e. The first-order chi connectivity index (χ1) is 17.3. The lowest BCUT2D eigenvalue weighted by atomic mass is 10.0. The van der Waals surface area contributed by atoms with Crippen LogP contribution < -0.4 is 0 Å². The van der Waals surface area contributed by atoms with Gasteiger partial charge in [0.1, 0.15) is 16.7 Å². The molecular weight excluding hydrogens is 581 g/mol. The number of hydrogen-bond donors (Lipinski definition) is 0. The molecule has 4 nitrogen and oxygen atoms in total. The summed E-state index contributed by atoms with van der Waals surface area (Å²) in [5.41, 5.74) is 0.928. The maximum absolute atomic E-state index is 10.4. The number of unbranched alkanes of at least 4 members (excludes halogenated alkanes) is 11. The van der Waals surface area contributed by atoms with Gasteiger partial charge in [0, 0.05) is 22.6 Å². The number of hydrogen-bond acceptors (Lipinski definition) is 3. The number of aryl methyl sites for hydroxylation is 1. The zero-order valence-electron chi connectivity index (χ0n) is 22.9. The Labute approximate surface area is 236 Å². The summed E-state index contributed by atoms with van der Waals surface area (Å²) >= 11 is 2.20. The number of quaternary nitrogens is 1. The van der Waals surface area contributed by atoms with Crippen molar-refractivity contribution < 1.29 is 17.5 Å². The van der Waals surface area contributed by atoms with Crippen molar-refractivity contribution in [3.8, 4) is 9.85 Å². The van der Waals surface area contributed by atoms with E-state index in [-0.39, 0.29) is 4.90 Å². The van der Waals surface area contributed by atoms with Crippen LogP contribution in [0.4, 0.5) is 0 Å². The van der Waals surface area contributed by atoms with Gasteiger partial charge < -0.3 is 9.04 Å². The molecule has 0 aliphatic carbocycles. The molecule has 0 atom stereocenters. The summed E-state index contributed by atoms with van der Waals surface area (Å²) in [4.78, 5) is -0.178. The van der Waals surface area contributed by atoms with E-state index in [0.717, 1.165) is 12.1 Å². The van der Waals surface area contributed by atoms with E-state index in [2.05, 4.69) is 39.4 Å². The molecule has 1 aliphatic heterocycles. The van der Waals surface area contributed by atoms with Crippen LogP contribution in [0.5, 0.6) is 0 Å². The molecule has 1 heterocycles. The fourth-order valence-corrected chi connectivity index (χ4v) is 5.65. The van der Waals surface area contributed by atoms with Gasteiger partial charge in [-0.05, 0) is 67.4 Å². The van der Waals surface area contributed by atoms with Gasteiger partial charge in [-0.3, -0.25) is 0 Å². The second-order valence-electron chi connectivity index (χ2n) is 10.5. The van der Waals surface area contributed by atoms with Crippen molar-refractivity contribution in [2.45, 2.75) is 121 Å². The van der Waals surface area contributed by atoms with Gasteiger partial charge in [0.25, 0.3) is 0 Å². The summed E-state index contributed by atoms with van der Waals surface area (Å²) in [5, 5.41) is 0. The molecule has 0 aromatic heterocycles. The quantitative estimate of drug-likeness (QED) is 0.0643. The molecule has 0 unspecified atom stereocenters. The van der Waals surface area contributed by atoms with E-state index in [0.29, 0.717) is 0 Å². The number of benzene rings is 1. The van der Waals surface area contributed by atoms with E-state index in [1.165, 1.54) is 139 Å². The van der Waals surface area contributed by atoms with Crippen molar-refractivity contribution >= 4 is 32.7 Å². The monoisotopic (exact) mass is 631 g/mol. The highest BCUT2D eigenvalue weighted by atomic mass is 127. The Morgan fingerprint density at radius 2 is 1.28 bits per heavy atom. The Hall–Kier alpha value is -0.620. The molecule has 0 N–H and O–H groups in total. The van der Waals surface area contributed by atoms with Crippen LogP contribution >= 0.6 is 22.6 Å². The zero-order chi connectivity index (χ0) is 26.5. The van der Waals surface area contributed by atoms with E-state index in [1.54, 1.807) is 12.1 Å². The summed E-state index contributed by atoms with van der Waals surface area (Å²) in [6.07, 6.45) is 23.1. The molecular formula is C30H50INO3S. The number of halogens is 1. The summed E-state index contributed by atoms with van der Waals surface area (Å²) < 4.78 is 35.6. The molecule has 2 rings (SSSR count). The molecule has 206 valence electrons. The third-order valence-corrected chi connectivity index (χ3v) is 8.52. The van der Waals surface area contributed by atoms with Crippen LogP contribution in [0, 0.1) is 16.8 Å². The highest BCUT2D eigenvalue weighted by molar-refractivity contribution is 14.1. The molecule has 1 aromatic rings. The minimum atomic E-state index is -4.27. The van der Waals surface area contributed by atoms with E-state index in [4.69, 9.17) is 0 Å². The van der Waals surface area contributed by atoms with Crippen LogP contribution in [-0.2, 0) is 10.1 Å². The Morgan fingerprint density at radius 3 is 1.72 bits per heavy atom. The molecule has 1 fully saturated rings. The fourth-order valence-electron chi connectivity index (χ4n) is 5.01. The average Bonchev–Trinajstić information content (AvgIpc) is 3.09. The maximum atomic E-state index is 10.4. The molecule has 36 heavy (non-hydrogen) atoms. The second kappa shape index (κ2) is 20.4. The van der Waals surface area contributed by atoms with Crippen molar-refractivity contribution in [2.24, 2.45) is 0 Å². The lowest BCUT2D eigenvalue weighted by molar-refractivity contribution is -0.921. The van der Waals surface area contributed by atoms with E-state index >= 15 is 0 Å². The molecule has 1 aromatic carbocycles. The predicted octanol–water partition coefficient (Wildman–Crippen LogP) is 8.37. The standard InChI is InChI=1S/C23H43IN.C7H8O3S/c1-2-3-4-5-6-7-8-9-10-11-12-15-20-25(23-18-19-24)21-16-13-14-17-22-25;1-6-2-4-7(5-3-6)11(8,9)10/h2-17,20-23H2,1H3;2-5H,1H3,(H,8,9,10)/q+1;/p-1. The van der Waals surface area contributed by atoms with Gasteiger partial charge in [0.05, 0.1) is 24.5 Å². The lowest BCUT2D eigenvalue weighted by Crippen LogP contribution is -2.49. The van der Waals surface area contributed by atoms with Gasteiger partial charge in [-0.1, -0.05) is 88.8 Å². The average molecular weight is 632 g/mol. The van der Waals surface area contributed by atoms with Gasteiger partial charge in [-0.2, -0.15) is 0 Å². The van der Waals surface area contributed by atoms with E-state index in [9.17, 15) is 13.0 Å². The van der Waals surface area contributed by atoms with Crippen LogP contribution in [0.1, 0.15) is 115 Å². The van der Waals surface area contributed by atoms with E-state index in [1.807, 2.05) is 6.92 Å². The first-order valence-corrected chi connectivity index (χ1v) is 16.8. The van der Waals surface area contributed by atoms with Crippen molar-refractivity contribution in [3.63, 3.8) is 0 Å². The van der Waals surface area contributed by atoms with Gasteiger partial charge >= 0.3 is 0 Å². The predicted molar refractivity (Wildman–Crippen MR) is 160 cm³/mol. The summed E-state index contributed by atoms with van der Waals surface area (Å²) in [7, 11) is -4.27. The summed E-state index contributed by atoms with van der Waals surface area (Å²) in [6, 6.07) is 5.78. The largest absolute Gasteiger partial charge is 0.744 e. The highest BCUT2D eigenvalue weighted by Crippen LogP contribution is 2.20. The van der Waals surface area contributed by atoms with Crippen LogP contribution in [-0.4, -0.2) is 43.6 Å². The van der Waals surface area contributed by atoms with Gasteiger partial charge in [-0.25, -0.2) is 8.42 Å². The SMILES string of the molecule is CCCCCCCCCCCCCC[N+]1(CC#CI)CCCCCC1.Cc1ccc(S(=O)(=O)[O-])cc1. The smallest absolute Gasteiger partial charge is 0.141 e. The van der Waals surface area contributed by atoms with Crippen LogP contribution in [0.15, 0.2) is 29.2 Å². The zero-order valence-corrected chi connectivity index (χ0v) is 25.9. The molecule has 0 bridgehead atoms. The number of rotatable bonds is 15. The second-order valence-corrected chi connectivity index (χ2v) is 12.4. The van der Waals surface area contributed by atoms with Crippen LogP contribution in [0.3, 0.4) is 0 Å². The van der Waals surface area contributed by atoms with Crippen LogP contribution in [0.2, 0.25) is 0 Å². The van der Waals surface area contributed by atoms with Crippen molar-refractivity contribution in [1.82, 2.24) is 0 Å². The summed E-state index contributed by atoms with van der Waals surface area (Å²) in [6.45, 7) is 9.35. The van der Waals surface area contributed by atoms with Crippen molar-refractivity contribution in [3.05, 3.63) is 29.8 Å². The van der Waals surface area contributed by atoms with E-state index < -0.39 is 10.1 Å². The Kier molecular flexibility index (Phi) is 18.9. The minimum absolute atomic E-state index is 0.178. The molecule has 1 aliphatic rings. The van der Waals surface area contributed by atoms with Gasteiger partial charge in [-0.15, -0.1) is 0 Å². The Balaban J connectivity index is 0.000000488. The number of nitrogens with zero attached hydrogens (tertiary/aromatic N) is 1. The molecule has 0 radical (unpaired) electrons. The normalized spacial score (nSPS) is 15.2. The van der Waals surface area contributed by atoms with Gasteiger partial charge in [0.2, 0.25) is 0 Å². The third-order valence-electron chi connectivity index (χ3n) is 7.29. The lowest BCUT2D eigenvalue weighted by Gasteiger charge is -2.36. The fraction of sp³-hybridized carbons (Fsp3) is 0.733. The Morgan fingerprint density at radius 1 is 0.806 bits per heavy atom.